The number of likely N-dealkylation sites (tertiary alicyclic amines) is 1. The minimum atomic E-state index is 0.230. The summed E-state index contributed by atoms with van der Waals surface area (Å²) in [7, 11) is 1.64. The highest BCUT2D eigenvalue weighted by molar-refractivity contribution is 9.10. The van der Waals surface area contributed by atoms with Crippen LogP contribution in [0.2, 0.25) is 0 Å². The molecule has 1 unspecified atom stereocenters. The van der Waals surface area contributed by atoms with Crippen molar-refractivity contribution in [2.45, 2.75) is 19.3 Å². The van der Waals surface area contributed by atoms with Gasteiger partial charge in [-0.05, 0) is 58.9 Å². The molecule has 5 heteroatoms. The van der Waals surface area contributed by atoms with E-state index in [1.165, 1.54) is 0 Å². The van der Waals surface area contributed by atoms with Crippen molar-refractivity contribution in [1.82, 2.24) is 4.90 Å². The van der Waals surface area contributed by atoms with Crippen molar-refractivity contribution in [3.63, 3.8) is 0 Å². The number of nitrogens with zero attached hydrogens (tertiary/aromatic N) is 1. The SMILES string of the molecule is COc1ccc(CCC(=O)N2CCC(CN)C2)cc1Br. The largest absolute Gasteiger partial charge is 0.496 e. The first kappa shape index (κ1) is 15.3. The van der Waals surface area contributed by atoms with Crippen molar-refractivity contribution in [3.05, 3.63) is 28.2 Å². The molecular weight excluding hydrogens is 320 g/mol. The van der Waals surface area contributed by atoms with Crippen molar-refractivity contribution >= 4 is 21.8 Å². The second kappa shape index (κ2) is 7.09. The zero-order valence-corrected chi connectivity index (χ0v) is 13.4. The van der Waals surface area contributed by atoms with Crippen molar-refractivity contribution in [2.75, 3.05) is 26.7 Å². The number of ether oxygens (including phenoxy) is 1. The maximum Gasteiger partial charge on any atom is 0.222 e. The van der Waals surface area contributed by atoms with Gasteiger partial charge in [0.15, 0.2) is 0 Å². The minimum absolute atomic E-state index is 0.230. The monoisotopic (exact) mass is 340 g/mol. The van der Waals surface area contributed by atoms with Crippen LogP contribution in [0.5, 0.6) is 5.75 Å². The van der Waals surface area contributed by atoms with Crippen LogP contribution in [0.4, 0.5) is 0 Å². The Kier molecular flexibility index (Phi) is 5.43. The number of hydrogen-bond donors (Lipinski definition) is 1. The number of nitrogens with two attached hydrogens (primary N) is 1. The molecule has 20 heavy (non-hydrogen) atoms. The Morgan fingerprint density at radius 1 is 1.55 bits per heavy atom. The maximum absolute atomic E-state index is 12.1. The van der Waals surface area contributed by atoms with E-state index >= 15 is 0 Å². The molecule has 2 N–H and O–H groups in total. The average Bonchev–Trinajstić information content (AvgIpc) is 2.94. The third-order valence-corrected chi connectivity index (χ3v) is 4.44. The number of benzene rings is 1. The molecule has 1 saturated heterocycles. The molecule has 1 atom stereocenters. The van der Waals surface area contributed by atoms with Crippen LogP contribution in [0.3, 0.4) is 0 Å². The quantitative estimate of drug-likeness (QED) is 0.893. The van der Waals surface area contributed by atoms with Crippen molar-refractivity contribution in [3.8, 4) is 5.75 Å². The van der Waals surface area contributed by atoms with Crippen LogP contribution in [0.15, 0.2) is 22.7 Å². The van der Waals surface area contributed by atoms with Gasteiger partial charge in [0.05, 0.1) is 11.6 Å². The smallest absolute Gasteiger partial charge is 0.222 e. The fourth-order valence-electron chi connectivity index (χ4n) is 2.53. The van der Waals surface area contributed by atoms with E-state index < -0.39 is 0 Å². The summed E-state index contributed by atoms with van der Waals surface area (Å²) in [6, 6.07) is 5.94. The molecule has 4 nitrogen and oxygen atoms in total. The van der Waals surface area contributed by atoms with Gasteiger partial charge in [-0.15, -0.1) is 0 Å². The van der Waals surface area contributed by atoms with E-state index in [1.807, 2.05) is 23.1 Å². The first-order chi connectivity index (χ1) is 9.63. The molecule has 0 spiro atoms. The number of amides is 1. The molecule has 0 bridgehead atoms. The van der Waals surface area contributed by atoms with Gasteiger partial charge in [0.25, 0.3) is 0 Å². The van der Waals surface area contributed by atoms with Crippen LogP contribution in [0, 0.1) is 5.92 Å². The summed E-state index contributed by atoms with van der Waals surface area (Å²) in [6.07, 6.45) is 2.34. The summed E-state index contributed by atoms with van der Waals surface area (Å²) in [5, 5.41) is 0. The predicted molar refractivity (Wildman–Crippen MR) is 82.8 cm³/mol. The Hall–Kier alpha value is -1.07. The summed E-state index contributed by atoms with van der Waals surface area (Å²) in [4.78, 5) is 14.1. The molecular formula is C15H21BrN2O2. The zero-order chi connectivity index (χ0) is 14.5. The summed E-state index contributed by atoms with van der Waals surface area (Å²) in [5.74, 6) is 1.52. The van der Waals surface area contributed by atoms with Gasteiger partial charge in [-0.1, -0.05) is 6.07 Å². The van der Waals surface area contributed by atoms with Crippen LogP contribution >= 0.6 is 15.9 Å². The Morgan fingerprint density at radius 2 is 2.35 bits per heavy atom. The highest BCUT2D eigenvalue weighted by Gasteiger charge is 2.24. The molecule has 1 aromatic carbocycles. The molecule has 0 aromatic heterocycles. The molecule has 0 saturated carbocycles. The predicted octanol–water partition coefficient (Wildman–Crippen LogP) is 2.20. The van der Waals surface area contributed by atoms with Gasteiger partial charge in [-0.2, -0.15) is 0 Å². The van der Waals surface area contributed by atoms with E-state index in [9.17, 15) is 4.79 Å². The van der Waals surface area contributed by atoms with Crippen molar-refractivity contribution < 1.29 is 9.53 Å². The van der Waals surface area contributed by atoms with Gasteiger partial charge >= 0.3 is 0 Å². The van der Waals surface area contributed by atoms with Gasteiger partial charge < -0.3 is 15.4 Å². The second-order valence-corrected chi connectivity index (χ2v) is 6.05. The summed E-state index contributed by atoms with van der Waals surface area (Å²) in [5.41, 5.74) is 6.79. The molecule has 1 aromatic rings. The Morgan fingerprint density at radius 3 is 2.95 bits per heavy atom. The molecule has 1 aliphatic heterocycles. The number of aryl methyl sites for hydroxylation is 1. The number of methoxy groups -OCH3 is 1. The van der Waals surface area contributed by atoms with E-state index in [2.05, 4.69) is 15.9 Å². The number of rotatable bonds is 5. The normalized spacial score (nSPS) is 18.4. The van der Waals surface area contributed by atoms with Crippen molar-refractivity contribution in [2.24, 2.45) is 11.7 Å². The van der Waals surface area contributed by atoms with Gasteiger partial charge in [0.2, 0.25) is 5.91 Å². The second-order valence-electron chi connectivity index (χ2n) is 5.20. The van der Waals surface area contributed by atoms with Crippen molar-refractivity contribution in [1.29, 1.82) is 0 Å². The van der Waals surface area contributed by atoms with Gasteiger partial charge in [-0.3, -0.25) is 4.79 Å². The molecule has 1 fully saturated rings. The standard InChI is InChI=1S/C15H21BrN2O2/c1-20-14-4-2-11(8-13(14)16)3-5-15(19)18-7-6-12(9-17)10-18/h2,4,8,12H,3,5-7,9-10,17H2,1H3. The van der Waals surface area contributed by atoms with Crippen LogP contribution in [0.1, 0.15) is 18.4 Å². The lowest BCUT2D eigenvalue weighted by Crippen LogP contribution is -2.30. The van der Waals surface area contributed by atoms with E-state index in [0.29, 0.717) is 18.9 Å². The molecule has 1 heterocycles. The zero-order valence-electron chi connectivity index (χ0n) is 11.8. The number of halogens is 1. The van der Waals surface area contributed by atoms with Crippen LogP contribution in [-0.2, 0) is 11.2 Å². The van der Waals surface area contributed by atoms with Gasteiger partial charge in [0.1, 0.15) is 5.75 Å². The lowest BCUT2D eigenvalue weighted by Gasteiger charge is -2.16. The number of carbonyl (C=O) groups excluding carboxylic acids is 1. The lowest BCUT2D eigenvalue weighted by molar-refractivity contribution is -0.130. The topological polar surface area (TPSA) is 55.6 Å². The molecule has 2 rings (SSSR count). The van der Waals surface area contributed by atoms with E-state index in [-0.39, 0.29) is 5.91 Å². The van der Waals surface area contributed by atoms with Gasteiger partial charge in [-0.25, -0.2) is 0 Å². The van der Waals surface area contributed by atoms with E-state index in [4.69, 9.17) is 10.5 Å². The summed E-state index contributed by atoms with van der Waals surface area (Å²) in [6.45, 7) is 2.35. The lowest BCUT2D eigenvalue weighted by atomic mass is 10.1. The summed E-state index contributed by atoms with van der Waals surface area (Å²) < 4.78 is 6.12. The van der Waals surface area contributed by atoms with E-state index in [1.54, 1.807) is 7.11 Å². The Bertz CT molecular complexity index is 479. The van der Waals surface area contributed by atoms with Crippen LogP contribution < -0.4 is 10.5 Å². The van der Waals surface area contributed by atoms with Gasteiger partial charge in [0, 0.05) is 19.5 Å². The molecule has 1 amide bonds. The Balaban J connectivity index is 1.86. The maximum atomic E-state index is 12.1. The molecule has 0 aliphatic carbocycles. The highest BCUT2D eigenvalue weighted by Crippen LogP contribution is 2.26. The highest BCUT2D eigenvalue weighted by atomic mass is 79.9. The van der Waals surface area contributed by atoms with Crippen LogP contribution in [0.25, 0.3) is 0 Å². The Labute approximate surface area is 128 Å². The van der Waals surface area contributed by atoms with E-state index in [0.717, 1.165) is 41.7 Å². The fourth-order valence-corrected chi connectivity index (χ4v) is 3.11. The van der Waals surface area contributed by atoms with Crippen LogP contribution in [-0.4, -0.2) is 37.6 Å². The summed E-state index contributed by atoms with van der Waals surface area (Å²) >= 11 is 3.46. The average molecular weight is 341 g/mol. The first-order valence-corrected chi connectivity index (χ1v) is 7.73. The molecule has 0 radical (unpaired) electrons. The third kappa shape index (κ3) is 3.73. The third-order valence-electron chi connectivity index (χ3n) is 3.82. The molecule has 1 aliphatic rings. The number of hydrogen-bond acceptors (Lipinski definition) is 3. The first-order valence-electron chi connectivity index (χ1n) is 6.94. The minimum Gasteiger partial charge on any atom is -0.496 e. The fraction of sp³-hybridized carbons (Fsp3) is 0.533. The number of carbonyl (C=O) groups is 1. The molecule has 110 valence electrons.